The van der Waals surface area contributed by atoms with Gasteiger partial charge in [-0.2, -0.15) is 13.2 Å². The fourth-order valence-electron chi connectivity index (χ4n) is 6.73. The van der Waals surface area contributed by atoms with Crippen LogP contribution in [0.4, 0.5) is 26.3 Å². The van der Waals surface area contributed by atoms with E-state index in [9.17, 15) is 31.9 Å². The molecule has 2 aliphatic heterocycles. The summed E-state index contributed by atoms with van der Waals surface area (Å²) in [6.45, 7) is 4.92. The lowest BCUT2D eigenvalue weighted by atomic mass is 9.92. The molecule has 3 aromatic carbocycles. The van der Waals surface area contributed by atoms with Crippen molar-refractivity contribution in [1.82, 2.24) is 14.8 Å². The van der Waals surface area contributed by atoms with Gasteiger partial charge in [-0.15, -0.1) is 0 Å². The summed E-state index contributed by atoms with van der Waals surface area (Å²) in [5, 5.41) is 2.59. The number of nitrogens with zero attached hydrogens (tertiary/aromatic N) is 2. The van der Waals surface area contributed by atoms with Gasteiger partial charge >= 0.3 is 12.1 Å². The number of amides is 1. The Hall–Kier alpha value is -5.11. The van der Waals surface area contributed by atoms with Crippen molar-refractivity contribution < 1.29 is 45.4 Å². The van der Waals surface area contributed by atoms with Gasteiger partial charge in [-0.1, -0.05) is 12.1 Å². The maximum absolute atomic E-state index is 16.1. The zero-order chi connectivity index (χ0) is 37.5. The Balaban J connectivity index is 1.58. The number of ether oxygens (including phenoxy) is 2. The highest BCUT2D eigenvalue weighted by molar-refractivity contribution is 5.85. The molecule has 4 aromatic rings. The highest BCUT2D eigenvalue weighted by atomic mass is 19.4. The molecule has 4 bridgehead atoms. The second-order valence-electron chi connectivity index (χ2n) is 13.0. The molecule has 3 heterocycles. The predicted octanol–water partition coefficient (Wildman–Crippen LogP) is 7.13. The number of hydrogen-bond donors (Lipinski definition) is 1. The summed E-state index contributed by atoms with van der Waals surface area (Å²) in [5.41, 5.74) is -1.60. The van der Waals surface area contributed by atoms with Crippen molar-refractivity contribution in [3.8, 4) is 22.6 Å². The van der Waals surface area contributed by atoms with Crippen molar-refractivity contribution >= 4 is 11.9 Å². The van der Waals surface area contributed by atoms with Gasteiger partial charge in [-0.3, -0.25) is 23.9 Å². The normalized spacial score (nSPS) is 17.8. The van der Waals surface area contributed by atoms with Gasteiger partial charge < -0.3 is 14.8 Å². The van der Waals surface area contributed by atoms with Crippen LogP contribution in [0.2, 0.25) is 0 Å². The standard InChI is InChI=1S/C38H35F6N3O5/c1-4-51-33(49)16-30-27-13-23(12-21(3)35(27)41)34-20(2)6-5-7-31(34)52-25-8-9-29(40)26(14-25)36(37(50)45-30)47-17-22(10-11-46-18-24(39)19-46)28(15-32(47)48)38(42,43)44/h5-9,12-15,17,24,30,36H,4,10-11,16,18-19H2,1-3H3,(H,45,50)/t30-,36?/m0/s1. The Morgan fingerprint density at radius 3 is 2.44 bits per heavy atom. The molecule has 14 heteroatoms. The number of fused-ring (bicyclic) bond motifs is 6. The molecule has 1 amide bonds. The van der Waals surface area contributed by atoms with Crippen LogP contribution < -0.4 is 15.6 Å². The van der Waals surface area contributed by atoms with Gasteiger partial charge in [0.25, 0.3) is 5.56 Å². The highest BCUT2D eigenvalue weighted by Gasteiger charge is 2.38. The Morgan fingerprint density at radius 2 is 1.75 bits per heavy atom. The molecule has 1 saturated heterocycles. The third kappa shape index (κ3) is 7.43. The van der Waals surface area contributed by atoms with E-state index >= 15 is 8.78 Å². The number of likely N-dealkylation sites (tertiary alicyclic amines) is 1. The van der Waals surface area contributed by atoms with Crippen LogP contribution in [0.5, 0.6) is 11.5 Å². The monoisotopic (exact) mass is 727 g/mol. The van der Waals surface area contributed by atoms with E-state index in [1.165, 1.54) is 19.1 Å². The van der Waals surface area contributed by atoms with E-state index in [1.807, 2.05) is 0 Å². The molecule has 52 heavy (non-hydrogen) atoms. The number of hydrogen-bond acceptors (Lipinski definition) is 6. The number of carbonyl (C=O) groups is 2. The molecule has 0 aliphatic carbocycles. The van der Waals surface area contributed by atoms with E-state index in [0.29, 0.717) is 21.8 Å². The van der Waals surface area contributed by atoms with Crippen molar-refractivity contribution in [1.29, 1.82) is 0 Å². The second kappa shape index (κ2) is 14.5. The highest BCUT2D eigenvalue weighted by Crippen LogP contribution is 2.41. The summed E-state index contributed by atoms with van der Waals surface area (Å²) < 4.78 is 100. The van der Waals surface area contributed by atoms with Gasteiger partial charge in [-0.25, -0.2) is 13.2 Å². The van der Waals surface area contributed by atoms with Crippen LogP contribution in [-0.4, -0.2) is 53.8 Å². The molecule has 2 aliphatic rings. The lowest BCUT2D eigenvalue weighted by molar-refractivity contribution is -0.144. The average molecular weight is 728 g/mol. The van der Waals surface area contributed by atoms with Gasteiger partial charge in [0.1, 0.15) is 35.3 Å². The second-order valence-corrected chi connectivity index (χ2v) is 13.0. The molecule has 2 atom stereocenters. The Kier molecular flexibility index (Phi) is 10.2. The number of halogens is 6. The fourth-order valence-corrected chi connectivity index (χ4v) is 6.73. The first-order valence-electron chi connectivity index (χ1n) is 16.7. The van der Waals surface area contributed by atoms with Crippen LogP contribution in [-0.2, 0) is 26.9 Å². The number of aromatic nitrogens is 1. The first kappa shape index (κ1) is 36.7. The molecule has 274 valence electrons. The summed E-state index contributed by atoms with van der Waals surface area (Å²) in [4.78, 5) is 42.5. The van der Waals surface area contributed by atoms with Crippen molar-refractivity contribution in [3.63, 3.8) is 0 Å². The summed E-state index contributed by atoms with van der Waals surface area (Å²) in [6.07, 6.45) is -6.08. The number of alkyl halides is 4. The number of aryl methyl sites for hydroxylation is 2. The number of nitrogens with one attached hydrogen (secondary N) is 1. The Morgan fingerprint density at radius 1 is 1.00 bits per heavy atom. The molecule has 0 radical (unpaired) electrons. The molecule has 1 unspecified atom stereocenters. The molecule has 1 aromatic heterocycles. The van der Waals surface area contributed by atoms with Crippen LogP contribution >= 0.6 is 0 Å². The molecule has 1 fully saturated rings. The number of carbonyl (C=O) groups excluding carboxylic acids is 2. The maximum atomic E-state index is 16.1. The Bertz CT molecular complexity index is 2090. The number of benzene rings is 3. The van der Waals surface area contributed by atoms with Crippen molar-refractivity contribution in [2.75, 3.05) is 26.2 Å². The van der Waals surface area contributed by atoms with Gasteiger partial charge in [0, 0.05) is 48.6 Å². The smallest absolute Gasteiger partial charge is 0.416 e. The van der Waals surface area contributed by atoms with Gasteiger partial charge in [0.2, 0.25) is 5.91 Å². The van der Waals surface area contributed by atoms with Crippen LogP contribution in [0.25, 0.3) is 11.1 Å². The van der Waals surface area contributed by atoms with E-state index in [0.717, 1.165) is 23.9 Å². The lowest BCUT2D eigenvalue weighted by Crippen LogP contribution is -2.49. The number of esters is 1. The summed E-state index contributed by atoms with van der Waals surface area (Å²) in [6, 6.07) is 8.55. The van der Waals surface area contributed by atoms with E-state index in [1.54, 1.807) is 43.0 Å². The fraction of sp³-hybridized carbons (Fsp3) is 0.342. The predicted molar refractivity (Wildman–Crippen MR) is 179 cm³/mol. The first-order valence-corrected chi connectivity index (χ1v) is 16.7. The zero-order valence-electron chi connectivity index (χ0n) is 28.5. The minimum absolute atomic E-state index is 0.0195. The quantitative estimate of drug-likeness (QED) is 0.161. The third-order valence-corrected chi connectivity index (χ3v) is 9.27. The third-order valence-electron chi connectivity index (χ3n) is 9.27. The van der Waals surface area contributed by atoms with Crippen LogP contribution in [0.3, 0.4) is 0 Å². The first-order chi connectivity index (χ1) is 24.6. The average Bonchev–Trinajstić information content (AvgIpc) is 3.06. The minimum atomic E-state index is -4.96. The largest absolute Gasteiger partial charge is 0.466 e. The summed E-state index contributed by atoms with van der Waals surface area (Å²) >= 11 is 0. The number of pyridine rings is 1. The topological polar surface area (TPSA) is 89.9 Å². The molecule has 8 nitrogen and oxygen atoms in total. The Labute approximate surface area is 295 Å². The lowest BCUT2D eigenvalue weighted by Gasteiger charge is -2.34. The molecular weight excluding hydrogens is 692 g/mol. The van der Waals surface area contributed by atoms with E-state index in [-0.39, 0.29) is 60.9 Å². The zero-order valence-corrected chi connectivity index (χ0v) is 28.5. The maximum Gasteiger partial charge on any atom is 0.416 e. The SMILES string of the molecule is CCOC(=O)C[C@@H]1NC(=O)C(n2cc(CCN3CC(F)C3)c(C(F)(F)F)cc2=O)c2cc(ccc2F)Oc2cccc(C)c2-c2cc(C)c(F)c1c2. The molecule has 0 saturated carbocycles. The van der Waals surface area contributed by atoms with E-state index in [4.69, 9.17) is 9.47 Å². The van der Waals surface area contributed by atoms with E-state index < -0.39 is 71.0 Å². The molecular formula is C38H35F6N3O5. The van der Waals surface area contributed by atoms with Gasteiger partial charge in [0.05, 0.1) is 24.6 Å². The van der Waals surface area contributed by atoms with Gasteiger partial charge in [-0.05, 0) is 85.8 Å². The summed E-state index contributed by atoms with van der Waals surface area (Å²) in [7, 11) is 0. The van der Waals surface area contributed by atoms with Crippen LogP contribution in [0, 0.1) is 25.5 Å². The van der Waals surface area contributed by atoms with Crippen molar-refractivity contribution in [2.45, 2.75) is 58.0 Å². The molecule has 0 spiro atoms. The van der Waals surface area contributed by atoms with Crippen LogP contribution in [0.15, 0.2) is 65.6 Å². The van der Waals surface area contributed by atoms with Gasteiger partial charge in [0.15, 0.2) is 0 Å². The number of rotatable bonds is 7. The molecule has 1 N–H and O–H groups in total. The molecule has 6 rings (SSSR count). The summed E-state index contributed by atoms with van der Waals surface area (Å²) in [5.74, 6) is -3.39. The van der Waals surface area contributed by atoms with Crippen molar-refractivity contribution in [2.24, 2.45) is 0 Å². The van der Waals surface area contributed by atoms with E-state index in [2.05, 4.69) is 5.32 Å². The minimum Gasteiger partial charge on any atom is -0.466 e. The van der Waals surface area contributed by atoms with Crippen LogP contribution in [0.1, 0.15) is 58.8 Å². The van der Waals surface area contributed by atoms with Crippen molar-refractivity contribution in [3.05, 3.63) is 116 Å².